The van der Waals surface area contributed by atoms with Crippen molar-refractivity contribution in [3.8, 4) is 0 Å². The summed E-state index contributed by atoms with van der Waals surface area (Å²) in [5.41, 5.74) is 0. The van der Waals surface area contributed by atoms with Crippen LogP contribution in [-0.2, 0) is 4.79 Å². The molecule has 0 spiro atoms. The molecular weight excluding hydrogens is 262 g/mol. The summed E-state index contributed by atoms with van der Waals surface area (Å²) >= 11 is 0. The van der Waals surface area contributed by atoms with Crippen LogP contribution >= 0.6 is 0 Å². The quantitative estimate of drug-likeness (QED) is 0.646. The Hall–Kier alpha value is -0.570. The molecule has 0 aliphatic carbocycles. The number of aliphatic carboxylic acids is 1. The first-order chi connectivity index (χ1) is 9.40. The molecule has 3 heteroatoms. The number of carbonyl (C=O) groups is 1. The second-order valence-electron chi connectivity index (χ2n) is 8.14. The van der Waals surface area contributed by atoms with Crippen LogP contribution in [-0.4, -0.2) is 36.6 Å². The van der Waals surface area contributed by atoms with E-state index in [0.29, 0.717) is 0 Å². The molecule has 0 rings (SSSR count). The van der Waals surface area contributed by atoms with E-state index >= 15 is 0 Å². The zero-order chi connectivity index (χ0) is 17.2. The molecule has 0 unspecified atom stereocenters. The SMILES string of the molecule is CC(=O)[O-].CC(C)C[N+](CC(C)C)(CC(C)C)CC(C)C. The van der Waals surface area contributed by atoms with Crippen LogP contribution in [0.5, 0.6) is 0 Å². The summed E-state index contributed by atoms with van der Waals surface area (Å²) in [7, 11) is 0. The van der Waals surface area contributed by atoms with Crippen LogP contribution < -0.4 is 5.11 Å². The lowest BCUT2D eigenvalue weighted by Gasteiger charge is -2.44. The van der Waals surface area contributed by atoms with Crippen molar-refractivity contribution in [2.75, 3.05) is 26.2 Å². The van der Waals surface area contributed by atoms with E-state index in [0.717, 1.165) is 30.6 Å². The number of rotatable bonds is 8. The van der Waals surface area contributed by atoms with Crippen LogP contribution in [0, 0.1) is 23.7 Å². The molecule has 21 heavy (non-hydrogen) atoms. The van der Waals surface area contributed by atoms with E-state index in [4.69, 9.17) is 9.90 Å². The number of quaternary nitrogens is 1. The van der Waals surface area contributed by atoms with Crippen LogP contribution in [0.4, 0.5) is 0 Å². The lowest BCUT2D eigenvalue weighted by molar-refractivity contribution is -0.938. The lowest BCUT2D eigenvalue weighted by Crippen LogP contribution is -2.56. The fourth-order valence-corrected chi connectivity index (χ4v) is 3.55. The molecule has 0 aliphatic heterocycles. The topological polar surface area (TPSA) is 40.1 Å². The van der Waals surface area contributed by atoms with Gasteiger partial charge in [-0.3, -0.25) is 0 Å². The lowest BCUT2D eigenvalue weighted by atomic mass is 10.0. The third-order valence-corrected chi connectivity index (χ3v) is 3.01. The molecule has 0 aromatic rings. The molecule has 0 fully saturated rings. The summed E-state index contributed by atoms with van der Waals surface area (Å²) in [5.74, 6) is 2.11. The van der Waals surface area contributed by atoms with Gasteiger partial charge in [0.05, 0.1) is 26.2 Å². The van der Waals surface area contributed by atoms with Crippen molar-refractivity contribution in [1.82, 2.24) is 0 Å². The largest absolute Gasteiger partial charge is 0.550 e. The second kappa shape index (κ2) is 11.1. The standard InChI is InChI=1S/C16H36N.C2H4O2/c1-13(2)9-17(10-14(3)4,11-15(5)6)12-16(7)8;1-2(3)4/h13-16H,9-12H2,1-8H3;1H3,(H,3,4)/q+1;/p-1. The van der Waals surface area contributed by atoms with Crippen molar-refractivity contribution in [1.29, 1.82) is 0 Å². The minimum Gasteiger partial charge on any atom is -0.550 e. The van der Waals surface area contributed by atoms with Crippen molar-refractivity contribution in [3.05, 3.63) is 0 Å². The highest BCUT2D eigenvalue weighted by Gasteiger charge is 2.31. The summed E-state index contributed by atoms with van der Waals surface area (Å²) in [6.07, 6.45) is 0. The molecule has 3 nitrogen and oxygen atoms in total. The number of carbonyl (C=O) groups excluding carboxylic acids is 1. The zero-order valence-corrected chi connectivity index (χ0v) is 15.9. The monoisotopic (exact) mass is 301 g/mol. The summed E-state index contributed by atoms with van der Waals surface area (Å²) in [5, 5.41) is 8.89. The maximum Gasteiger partial charge on any atom is 0.0810 e. The number of carboxylic acids is 1. The van der Waals surface area contributed by atoms with Gasteiger partial charge in [-0.1, -0.05) is 55.4 Å². The van der Waals surface area contributed by atoms with Gasteiger partial charge in [0.2, 0.25) is 0 Å². The van der Waals surface area contributed by atoms with Crippen LogP contribution in [0.1, 0.15) is 62.3 Å². The van der Waals surface area contributed by atoms with Gasteiger partial charge >= 0.3 is 0 Å². The highest BCUT2D eigenvalue weighted by Crippen LogP contribution is 2.21. The second-order valence-corrected chi connectivity index (χ2v) is 8.14. The van der Waals surface area contributed by atoms with Gasteiger partial charge in [-0.05, 0) is 6.92 Å². The summed E-state index contributed by atoms with van der Waals surface area (Å²) in [6, 6.07) is 0. The Bertz CT molecular complexity index is 221. The summed E-state index contributed by atoms with van der Waals surface area (Å²) < 4.78 is 1.32. The van der Waals surface area contributed by atoms with Crippen molar-refractivity contribution in [3.63, 3.8) is 0 Å². The maximum absolute atomic E-state index is 8.89. The third-order valence-electron chi connectivity index (χ3n) is 3.01. The van der Waals surface area contributed by atoms with Crippen molar-refractivity contribution in [2.45, 2.75) is 62.3 Å². The van der Waals surface area contributed by atoms with E-state index in [1.807, 2.05) is 0 Å². The molecule has 0 aliphatic rings. The third kappa shape index (κ3) is 15.6. The van der Waals surface area contributed by atoms with E-state index in [1.165, 1.54) is 30.7 Å². The van der Waals surface area contributed by atoms with Gasteiger partial charge in [-0.15, -0.1) is 0 Å². The Morgan fingerprint density at radius 1 is 0.714 bits per heavy atom. The minimum atomic E-state index is -1.08. The van der Waals surface area contributed by atoms with Gasteiger partial charge in [-0.2, -0.15) is 0 Å². The molecule has 0 saturated carbocycles. The number of nitrogens with zero attached hydrogens (tertiary/aromatic N) is 1. The van der Waals surface area contributed by atoms with Crippen molar-refractivity contribution >= 4 is 5.97 Å². The van der Waals surface area contributed by atoms with Gasteiger partial charge in [0.25, 0.3) is 0 Å². The van der Waals surface area contributed by atoms with Crippen molar-refractivity contribution < 1.29 is 14.4 Å². The highest BCUT2D eigenvalue weighted by atomic mass is 16.4. The van der Waals surface area contributed by atoms with E-state index in [2.05, 4.69) is 55.4 Å². The first kappa shape index (κ1) is 22.7. The Kier molecular flexibility index (Phi) is 12.0. The highest BCUT2D eigenvalue weighted by molar-refractivity contribution is 5.60. The van der Waals surface area contributed by atoms with Gasteiger partial charge in [-0.25, -0.2) is 0 Å². The smallest absolute Gasteiger partial charge is 0.0810 e. The van der Waals surface area contributed by atoms with Crippen LogP contribution in [0.15, 0.2) is 0 Å². The normalized spacial score (nSPS) is 12.0. The van der Waals surface area contributed by atoms with Crippen LogP contribution in [0.25, 0.3) is 0 Å². The molecule has 0 amide bonds. The molecule has 0 atom stereocenters. The Morgan fingerprint density at radius 3 is 0.952 bits per heavy atom. The first-order valence-electron chi connectivity index (χ1n) is 8.42. The van der Waals surface area contributed by atoms with Crippen LogP contribution in [0.2, 0.25) is 0 Å². The van der Waals surface area contributed by atoms with Crippen molar-refractivity contribution in [2.24, 2.45) is 23.7 Å². The first-order valence-corrected chi connectivity index (χ1v) is 8.42. The Morgan fingerprint density at radius 2 is 0.857 bits per heavy atom. The fourth-order valence-electron chi connectivity index (χ4n) is 3.55. The van der Waals surface area contributed by atoms with Gasteiger partial charge in [0.15, 0.2) is 0 Å². The molecule has 0 N–H and O–H groups in total. The predicted molar refractivity (Wildman–Crippen MR) is 89.8 cm³/mol. The average Bonchev–Trinajstić information content (AvgIpc) is 2.08. The number of hydrogen-bond acceptors (Lipinski definition) is 2. The minimum absolute atomic E-state index is 0.797. The van der Waals surface area contributed by atoms with Crippen LogP contribution in [0.3, 0.4) is 0 Å². The molecule has 0 bridgehead atoms. The molecule has 0 radical (unpaired) electrons. The van der Waals surface area contributed by atoms with E-state index in [-0.39, 0.29) is 0 Å². The van der Waals surface area contributed by atoms with E-state index in [9.17, 15) is 0 Å². The van der Waals surface area contributed by atoms with Gasteiger partial charge in [0, 0.05) is 29.6 Å². The Balaban J connectivity index is 0. The van der Waals surface area contributed by atoms with E-state index in [1.54, 1.807) is 0 Å². The number of carboxylic acid groups (broad SMARTS) is 1. The molecule has 0 aromatic carbocycles. The average molecular weight is 302 g/mol. The van der Waals surface area contributed by atoms with Gasteiger partial charge in [0.1, 0.15) is 0 Å². The molecule has 0 aromatic heterocycles. The predicted octanol–water partition coefficient (Wildman–Crippen LogP) is 3.18. The summed E-state index contributed by atoms with van der Waals surface area (Å²) in [4.78, 5) is 8.89. The molecule has 0 saturated heterocycles. The maximum atomic E-state index is 8.89. The number of hydrogen-bond donors (Lipinski definition) is 0. The molecule has 128 valence electrons. The summed E-state index contributed by atoms with van der Waals surface area (Å²) in [6.45, 7) is 25.3. The molecule has 0 heterocycles. The van der Waals surface area contributed by atoms with Gasteiger partial charge < -0.3 is 14.4 Å². The fraction of sp³-hybridized carbons (Fsp3) is 0.944. The Labute approximate surface area is 133 Å². The van der Waals surface area contributed by atoms with E-state index < -0.39 is 5.97 Å². The molecular formula is C18H39NO2. The zero-order valence-electron chi connectivity index (χ0n) is 15.9.